The minimum atomic E-state index is 0.370. The average Bonchev–Trinajstić information content (AvgIpc) is 2.39. The highest BCUT2D eigenvalue weighted by atomic mass is 16.1. The fourth-order valence-corrected chi connectivity index (χ4v) is 4.02. The molecule has 0 aromatic carbocycles. The molecule has 60 valence electrons. The monoisotopic (exact) mass is 150 g/mol. The van der Waals surface area contributed by atoms with E-state index in [2.05, 4.69) is 13.8 Å². The molecule has 0 N–H and O–H groups in total. The summed E-state index contributed by atoms with van der Waals surface area (Å²) in [5, 5.41) is 0. The number of carbonyl (C=O) groups is 1. The lowest BCUT2D eigenvalue weighted by atomic mass is 9.47. The Hall–Kier alpha value is -0.330. The van der Waals surface area contributed by atoms with Gasteiger partial charge >= 0.3 is 0 Å². The molecule has 1 heteroatoms. The van der Waals surface area contributed by atoms with Crippen LogP contribution < -0.4 is 0 Å². The van der Waals surface area contributed by atoms with Crippen molar-refractivity contribution in [3.8, 4) is 0 Å². The van der Waals surface area contributed by atoms with Crippen molar-refractivity contribution in [2.45, 2.75) is 26.7 Å². The van der Waals surface area contributed by atoms with E-state index in [0.29, 0.717) is 23.0 Å². The Bertz CT molecular complexity index is 241. The van der Waals surface area contributed by atoms with E-state index in [1.54, 1.807) is 0 Å². The van der Waals surface area contributed by atoms with Gasteiger partial charge in [-0.1, -0.05) is 13.8 Å². The highest BCUT2D eigenvalue weighted by Gasteiger charge is 2.69. The van der Waals surface area contributed by atoms with Crippen LogP contribution in [0.3, 0.4) is 0 Å². The van der Waals surface area contributed by atoms with Crippen molar-refractivity contribution < 1.29 is 4.79 Å². The Balaban J connectivity index is 2.07. The minimum Gasteiger partial charge on any atom is -0.299 e. The van der Waals surface area contributed by atoms with Crippen molar-refractivity contribution in [3.63, 3.8) is 0 Å². The Morgan fingerprint density at radius 3 is 2.45 bits per heavy atom. The molecular formula is C10H14O. The van der Waals surface area contributed by atoms with Gasteiger partial charge in [-0.2, -0.15) is 0 Å². The van der Waals surface area contributed by atoms with Gasteiger partial charge in [0.05, 0.1) is 0 Å². The molecule has 3 fully saturated rings. The van der Waals surface area contributed by atoms with Crippen LogP contribution in [0.1, 0.15) is 26.7 Å². The number of Topliss-reactive ketones (excluding diaryl/α,β-unsaturated/α-hetero) is 1. The lowest BCUT2D eigenvalue weighted by Crippen LogP contribution is -2.55. The number of carbonyl (C=O) groups excluding carboxylic acids is 1. The molecule has 11 heavy (non-hydrogen) atoms. The molecule has 3 aliphatic rings. The quantitative estimate of drug-likeness (QED) is 0.515. The van der Waals surface area contributed by atoms with Gasteiger partial charge in [0.15, 0.2) is 0 Å². The van der Waals surface area contributed by atoms with Crippen molar-refractivity contribution >= 4 is 5.78 Å². The average molecular weight is 150 g/mol. The summed E-state index contributed by atoms with van der Waals surface area (Å²) in [5.41, 5.74) is 0.370. The number of ketones is 1. The second-order valence-electron chi connectivity index (χ2n) is 5.14. The summed E-state index contributed by atoms with van der Waals surface area (Å²) in [4.78, 5) is 11.6. The highest BCUT2D eigenvalue weighted by Crippen LogP contribution is 2.70. The number of fused-ring (bicyclic) bond motifs is 1. The third kappa shape index (κ3) is 0.447. The summed E-state index contributed by atoms with van der Waals surface area (Å²) < 4.78 is 0. The maximum atomic E-state index is 11.6. The first-order valence-corrected chi connectivity index (χ1v) is 4.66. The van der Waals surface area contributed by atoms with E-state index in [-0.39, 0.29) is 0 Å². The summed E-state index contributed by atoms with van der Waals surface area (Å²) in [6.45, 7) is 4.55. The van der Waals surface area contributed by atoms with Crippen LogP contribution in [-0.4, -0.2) is 5.78 Å². The SMILES string of the molecule is CC1(C)[C@@H]2C[C@H]3C[C@H]2[C@@H]1C3=O. The smallest absolute Gasteiger partial charge is 0.139 e. The van der Waals surface area contributed by atoms with E-state index in [1.165, 1.54) is 12.8 Å². The lowest BCUT2D eigenvalue weighted by molar-refractivity contribution is -0.152. The normalized spacial score (nSPS) is 56.4. The second kappa shape index (κ2) is 1.41. The number of hydrogen-bond donors (Lipinski definition) is 0. The fraction of sp³-hybridized carbons (Fsp3) is 0.900. The zero-order valence-electron chi connectivity index (χ0n) is 7.13. The summed E-state index contributed by atoms with van der Waals surface area (Å²) in [6, 6.07) is 0. The van der Waals surface area contributed by atoms with E-state index < -0.39 is 0 Å². The zero-order valence-corrected chi connectivity index (χ0v) is 7.13. The Kier molecular flexibility index (Phi) is 0.799. The van der Waals surface area contributed by atoms with E-state index in [1.807, 2.05) is 0 Å². The van der Waals surface area contributed by atoms with Crippen molar-refractivity contribution in [2.75, 3.05) is 0 Å². The lowest BCUT2D eigenvalue weighted by Gasteiger charge is -2.56. The largest absolute Gasteiger partial charge is 0.299 e. The third-order valence-corrected chi connectivity index (χ3v) is 4.51. The van der Waals surface area contributed by atoms with Gasteiger partial charge in [-0.25, -0.2) is 0 Å². The van der Waals surface area contributed by atoms with Crippen LogP contribution in [0.2, 0.25) is 0 Å². The van der Waals surface area contributed by atoms with Crippen LogP contribution in [0.5, 0.6) is 0 Å². The van der Waals surface area contributed by atoms with Gasteiger partial charge in [0, 0.05) is 11.8 Å². The molecule has 3 rings (SSSR count). The van der Waals surface area contributed by atoms with E-state index >= 15 is 0 Å². The number of hydrogen-bond acceptors (Lipinski definition) is 1. The molecule has 0 saturated heterocycles. The van der Waals surface area contributed by atoms with Crippen LogP contribution in [-0.2, 0) is 4.79 Å². The summed E-state index contributed by atoms with van der Waals surface area (Å²) >= 11 is 0. The molecule has 4 atom stereocenters. The molecule has 3 aliphatic carbocycles. The fourth-order valence-electron chi connectivity index (χ4n) is 4.02. The van der Waals surface area contributed by atoms with Gasteiger partial charge in [0.2, 0.25) is 0 Å². The van der Waals surface area contributed by atoms with Crippen molar-refractivity contribution in [1.82, 2.24) is 0 Å². The third-order valence-electron chi connectivity index (χ3n) is 4.51. The molecular weight excluding hydrogens is 136 g/mol. The maximum absolute atomic E-state index is 11.6. The van der Waals surface area contributed by atoms with Crippen molar-refractivity contribution in [2.24, 2.45) is 29.1 Å². The van der Waals surface area contributed by atoms with Gasteiger partial charge < -0.3 is 0 Å². The van der Waals surface area contributed by atoms with E-state index in [0.717, 1.165) is 11.8 Å². The van der Waals surface area contributed by atoms with E-state index in [9.17, 15) is 4.79 Å². The predicted molar refractivity (Wildman–Crippen MR) is 42.0 cm³/mol. The number of rotatable bonds is 0. The Labute approximate surface area is 67.2 Å². The van der Waals surface area contributed by atoms with Crippen molar-refractivity contribution in [1.29, 1.82) is 0 Å². The molecule has 0 spiro atoms. The van der Waals surface area contributed by atoms with Crippen LogP contribution in [0.25, 0.3) is 0 Å². The van der Waals surface area contributed by atoms with E-state index in [4.69, 9.17) is 0 Å². The summed E-state index contributed by atoms with van der Waals surface area (Å²) in [5.74, 6) is 3.26. The molecule has 0 radical (unpaired) electrons. The Morgan fingerprint density at radius 2 is 2.09 bits per heavy atom. The standard InChI is InChI=1S/C10H14O/c1-10(2)7-4-5-3-6(7)8(10)9(5)11/h5-8H,3-4H2,1-2H3/t5-,6-,7-,8-/m1/s1. The topological polar surface area (TPSA) is 17.1 Å². The highest BCUT2D eigenvalue weighted by molar-refractivity contribution is 5.89. The van der Waals surface area contributed by atoms with Crippen LogP contribution >= 0.6 is 0 Å². The predicted octanol–water partition coefficient (Wildman–Crippen LogP) is 1.87. The molecule has 0 unspecified atom stereocenters. The molecule has 3 saturated carbocycles. The van der Waals surface area contributed by atoms with Crippen LogP contribution in [0.4, 0.5) is 0 Å². The van der Waals surface area contributed by atoms with Gasteiger partial charge in [0.1, 0.15) is 5.78 Å². The minimum absolute atomic E-state index is 0.370. The van der Waals surface area contributed by atoms with Crippen LogP contribution in [0.15, 0.2) is 0 Å². The molecule has 0 aromatic heterocycles. The second-order valence-corrected chi connectivity index (χ2v) is 5.14. The molecule has 0 aliphatic heterocycles. The zero-order chi connectivity index (χ0) is 7.80. The molecule has 0 aromatic rings. The first-order chi connectivity index (χ1) is 5.12. The summed E-state index contributed by atoms with van der Waals surface area (Å²) in [6.07, 6.45) is 2.45. The van der Waals surface area contributed by atoms with Crippen molar-refractivity contribution in [3.05, 3.63) is 0 Å². The van der Waals surface area contributed by atoms with Gasteiger partial charge in [-0.05, 0) is 30.1 Å². The molecule has 0 heterocycles. The van der Waals surface area contributed by atoms with Gasteiger partial charge in [0.25, 0.3) is 0 Å². The Morgan fingerprint density at radius 1 is 1.36 bits per heavy atom. The maximum Gasteiger partial charge on any atom is 0.139 e. The van der Waals surface area contributed by atoms with Gasteiger partial charge in [-0.3, -0.25) is 4.79 Å². The molecule has 1 nitrogen and oxygen atoms in total. The summed E-state index contributed by atoms with van der Waals surface area (Å²) in [7, 11) is 0. The van der Waals surface area contributed by atoms with Crippen LogP contribution in [0, 0.1) is 29.1 Å². The van der Waals surface area contributed by atoms with Gasteiger partial charge in [-0.15, -0.1) is 0 Å². The molecule has 0 amide bonds. The first-order valence-electron chi connectivity index (χ1n) is 4.66. The first kappa shape index (κ1) is 6.22. The molecule has 2 bridgehead atoms.